The van der Waals surface area contributed by atoms with Crippen LogP contribution in [0.2, 0.25) is 0 Å². The van der Waals surface area contributed by atoms with Gasteiger partial charge in [0, 0.05) is 17.2 Å². The molecule has 0 saturated heterocycles. The highest BCUT2D eigenvalue weighted by Gasteiger charge is 2.50. The highest BCUT2D eigenvalue weighted by molar-refractivity contribution is 6.04. The van der Waals surface area contributed by atoms with Crippen LogP contribution in [0, 0.1) is 12.8 Å². The number of aryl methyl sites for hydroxylation is 2. The van der Waals surface area contributed by atoms with E-state index in [-0.39, 0.29) is 11.3 Å². The minimum atomic E-state index is -0.593. The molecule has 33 heavy (non-hydrogen) atoms. The van der Waals surface area contributed by atoms with Gasteiger partial charge in [0.2, 0.25) is 0 Å². The van der Waals surface area contributed by atoms with Crippen LogP contribution in [-0.2, 0) is 18.3 Å². The minimum Gasteiger partial charge on any atom is -0.390 e. The summed E-state index contributed by atoms with van der Waals surface area (Å²) in [5.41, 5.74) is 5.64. The number of fused-ring (bicyclic) bond motifs is 3. The van der Waals surface area contributed by atoms with Gasteiger partial charge in [-0.2, -0.15) is 0 Å². The molecular weight excluding hydrogens is 408 g/mol. The van der Waals surface area contributed by atoms with E-state index in [2.05, 4.69) is 52.8 Å². The molecule has 1 fully saturated rings. The van der Waals surface area contributed by atoms with Crippen LogP contribution >= 0.6 is 0 Å². The second-order valence-corrected chi connectivity index (χ2v) is 10.2. The van der Waals surface area contributed by atoms with Gasteiger partial charge in [-0.1, -0.05) is 36.4 Å². The van der Waals surface area contributed by atoms with Gasteiger partial charge >= 0.3 is 0 Å². The van der Waals surface area contributed by atoms with Crippen LogP contribution < -0.4 is 5.32 Å². The molecule has 0 bridgehead atoms. The van der Waals surface area contributed by atoms with E-state index in [1.807, 2.05) is 32.0 Å². The predicted molar refractivity (Wildman–Crippen MR) is 131 cm³/mol. The normalized spacial score (nSPS) is 26.2. The first-order valence-corrected chi connectivity index (χ1v) is 12.0. The fraction of sp³-hybridized carbons (Fsp3) is 0.379. The number of nitrogens with one attached hydrogen (secondary N) is 1. The van der Waals surface area contributed by atoms with Crippen LogP contribution in [0.1, 0.15) is 65.3 Å². The lowest BCUT2D eigenvalue weighted by Gasteiger charge is -2.53. The number of nitrogens with zero attached hydrogens (tertiary/aromatic N) is 1. The highest BCUT2D eigenvalue weighted by Crippen LogP contribution is 2.54. The molecule has 3 atom stereocenters. The van der Waals surface area contributed by atoms with Gasteiger partial charge in [-0.15, -0.1) is 0 Å². The van der Waals surface area contributed by atoms with Gasteiger partial charge in [0.1, 0.15) is 0 Å². The largest absolute Gasteiger partial charge is 0.390 e. The zero-order valence-corrected chi connectivity index (χ0v) is 19.5. The van der Waals surface area contributed by atoms with E-state index in [0.717, 1.165) is 49.9 Å². The number of rotatable bonds is 4. The third-order valence-corrected chi connectivity index (χ3v) is 7.86. The number of hydrogen-bond acceptors (Lipinski definition) is 3. The molecule has 4 nitrogen and oxygen atoms in total. The number of benzene rings is 2. The van der Waals surface area contributed by atoms with E-state index in [9.17, 15) is 9.90 Å². The standard InChI is InChI=1S/C29H32N2O2/c1-20-26(9-6-16-30-20)31-27(32)23-11-13-25-22(17-23)10-12-24-19-28(2,33)14-15-29(24,25)18-21-7-4-3-5-8-21/h3-9,11,13,16-17,24,33H,10,12,14-15,18-19H2,1-2H3,(H,31,32). The van der Waals surface area contributed by atoms with Gasteiger partial charge in [-0.3, -0.25) is 9.78 Å². The fourth-order valence-electron chi connectivity index (χ4n) is 6.11. The molecule has 1 saturated carbocycles. The summed E-state index contributed by atoms with van der Waals surface area (Å²) < 4.78 is 0. The summed E-state index contributed by atoms with van der Waals surface area (Å²) in [6.07, 6.45) is 7.30. The van der Waals surface area contributed by atoms with Crippen molar-refractivity contribution in [3.8, 4) is 0 Å². The molecule has 1 heterocycles. The average Bonchev–Trinajstić information content (AvgIpc) is 2.81. The van der Waals surface area contributed by atoms with Crippen molar-refractivity contribution >= 4 is 11.6 Å². The molecule has 3 unspecified atom stereocenters. The fourth-order valence-corrected chi connectivity index (χ4v) is 6.11. The maximum Gasteiger partial charge on any atom is 0.255 e. The summed E-state index contributed by atoms with van der Waals surface area (Å²) in [5, 5.41) is 13.9. The van der Waals surface area contributed by atoms with Gasteiger partial charge in [-0.25, -0.2) is 0 Å². The van der Waals surface area contributed by atoms with Crippen LogP contribution in [-0.4, -0.2) is 21.6 Å². The lowest BCUT2D eigenvalue weighted by molar-refractivity contribution is -0.0366. The van der Waals surface area contributed by atoms with Crippen LogP contribution in [0.15, 0.2) is 66.9 Å². The van der Waals surface area contributed by atoms with Crippen molar-refractivity contribution in [3.63, 3.8) is 0 Å². The summed E-state index contributed by atoms with van der Waals surface area (Å²) in [6, 6.07) is 20.7. The van der Waals surface area contributed by atoms with Crippen molar-refractivity contribution in [2.24, 2.45) is 5.92 Å². The Balaban J connectivity index is 1.49. The van der Waals surface area contributed by atoms with E-state index in [1.165, 1.54) is 16.7 Å². The first-order chi connectivity index (χ1) is 15.9. The molecule has 5 rings (SSSR count). The second-order valence-electron chi connectivity index (χ2n) is 10.2. The molecule has 3 aromatic rings. The lowest BCUT2D eigenvalue weighted by atomic mass is 9.53. The zero-order valence-electron chi connectivity index (χ0n) is 19.5. The molecule has 2 aliphatic rings. The smallest absolute Gasteiger partial charge is 0.255 e. The number of hydrogen-bond donors (Lipinski definition) is 2. The van der Waals surface area contributed by atoms with Gasteiger partial charge in [-0.05, 0) is 99.2 Å². The molecule has 0 aliphatic heterocycles. The van der Waals surface area contributed by atoms with E-state index < -0.39 is 5.60 Å². The van der Waals surface area contributed by atoms with Crippen LogP contribution in [0.4, 0.5) is 5.69 Å². The SMILES string of the molecule is Cc1ncccc1NC(=O)c1ccc2c(c1)CCC1CC(C)(O)CCC21Cc1ccccc1. The number of amides is 1. The molecular formula is C29H32N2O2. The molecule has 1 aromatic heterocycles. The summed E-state index contributed by atoms with van der Waals surface area (Å²) >= 11 is 0. The molecule has 170 valence electrons. The van der Waals surface area contributed by atoms with Crippen molar-refractivity contribution in [2.45, 2.75) is 63.4 Å². The quantitative estimate of drug-likeness (QED) is 0.553. The molecule has 1 amide bonds. The Kier molecular flexibility index (Phi) is 5.57. The Bertz CT molecular complexity index is 1170. The summed E-state index contributed by atoms with van der Waals surface area (Å²) in [5.74, 6) is 0.339. The Hall–Kier alpha value is -2.98. The number of aromatic nitrogens is 1. The summed E-state index contributed by atoms with van der Waals surface area (Å²) in [7, 11) is 0. The van der Waals surface area contributed by atoms with Crippen molar-refractivity contribution in [3.05, 3.63) is 94.8 Å². The lowest BCUT2D eigenvalue weighted by Crippen LogP contribution is -2.50. The summed E-state index contributed by atoms with van der Waals surface area (Å²) in [4.78, 5) is 17.3. The van der Waals surface area contributed by atoms with E-state index in [0.29, 0.717) is 11.5 Å². The first kappa shape index (κ1) is 21.8. The molecule has 0 radical (unpaired) electrons. The third-order valence-electron chi connectivity index (χ3n) is 7.86. The third kappa shape index (κ3) is 4.20. The Labute approximate surface area is 196 Å². The van der Waals surface area contributed by atoms with E-state index >= 15 is 0 Å². The number of anilines is 1. The van der Waals surface area contributed by atoms with Gasteiger partial charge in [0.15, 0.2) is 0 Å². The van der Waals surface area contributed by atoms with Gasteiger partial charge < -0.3 is 10.4 Å². The maximum absolute atomic E-state index is 13.0. The maximum atomic E-state index is 13.0. The molecule has 0 spiro atoms. The molecule has 4 heteroatoms. The molecule has 2 N–H and O–H groups in total. The Morgan fingerprint density at radius 1 is 1.12 bits per heavy atom. The number of carbonyl (C=O) groups is 1. The summed E-state index contributed by atoms with van der Waals surface area (Å²) in [6.45, 7) is 3.89. The second kappa shape index (κ2) is 8.42. The first-order valence-electron chi connectivity index (χ1n) is 12.0. The number of aliphatic hydroxyl groups is 1. The van der Waals surface area contributed by atoms with Crippen LogP contribution in [0.5, 0.6) is 0 Å². The van der Waals surface area contributed by atoms with Gasteiger partial charge in [0.05, 0.1) is 17.0 Å². The Morgan fingerprint density at radius 2 is 1.94 bits per heavy atom. The van der Waals surface area contributed by atoms with E-state index in [4.69, 9.17) is 0 Å². The van der Waals surface area contributed by atoms with Crippen molar-refractivity contribution in [1.29, 1.82) is 0 Å². The van der Waals surface area contributed by atoms with Gasteiger partial charge in [0.25, 0.3) is 5.91 Å². The zero-order chi connectivity index (χ0) is 23.1. The van der Waals surface area contributed by atoms with Crippen LogP contribution in [0.25, 0.3) is 0 Å². The average molecular weight is 441 g/mol. The topological polar surface area (TPSA) is 62.2 Å². The van der Waals surface area contributed by atoms with Crippen molar-refractivity contribution in [1.82, 2.24) is 4.98 Å². The van der Waals surface area contributed by atoms with Crippen molar-refractivity contribution < 1.29 is 9.90 Å². The Morgan fingerprint density at radius 3 is 2.73 bits per heavy atom. The van der Waals surface area contributed by atoms with E-state index in [1.54, 1.807) is 6.20 Å². The number of pyridine rings is 1. The van der Waals surface area contributed by atoms with Crippen LogP contribution in [0.3, 0.4) is 0 Å². The molecule has 2 aliphatic carbocycles. The highest BCUT2D eigenvalue weighted by atomic mass is 16.3. The minimum absolute atomic E-state index is 0.00607. The predicted octanol–water partition coefficient (Wildman–Crippen LogP) is 5.62. The number of carbonyl (C=O) groups excluding carboxylic acids is 1. The molecule has 2 aromatic carbocycles. The van der Waals surface area contributed by atoms with Crippen molar-refractivity contribution in [2.75, 3.05) is 5.32 Å². The monoisotopic (exact) mass is 440 g/mol.